The van der Waals surface area contributed by atoms with Gasteiger partial charge in [0.2, 0.25) is 11.8 Å². The van der Waals surface area contributed by atoms with Crippen LogP contribution in [0.15, 0.2) is 71.6 Å². The third-order valence-corrected chi connectivity index (χ3v) is 8.49. The molecule has 43 heavy (non-hydrogen) atoms. The first-order valence-corrected chi connectivity index (χ1v) is 14.9. The van der Waals surface area contributed by atoms with E-state index in [1.807, 2.05) is 13.8 Å². The summed E-state index contributed by atoms with van der Waals surface area (Å²) in [5, 5.41) is 14.4. The summed E-state index contributed by atoms with van der Waals surface area (Å²) in [4.78, 5) is 38.7. The molecule has 11 nitrogen and oxygen atoms in total. The first-order chi connectivity index (χ1) is 20.2. The highest BCUT2D eigenvalue weighted by Crippen LogP contribution is 2.29. The minimum absolute atomic E-state index is 0.0935. The standard InChI is InChI=1S/C30H35FN4O7S/c1-20(2)17-32-30(37)22(4)33(18-23-7-9-24(31)10-8-23)29(36)19-34(25-11-13-26(42-5)14-12-25)43(40,41)27-15-6-21(3)28(16-27)35(38)39/h6-16,20,22H,17-19H2,1-5H3,(H,32,37). The van der Waals surface area contributed by atoms with Gasteiger partial charge < -0.3 is 15.0 Å². The molecule has 0 fully saturated rings. The molecule has 0 radical (unpaired) electrons. The number of methoxy groups -OCH3 is 1. The summed E-state index contributed by atoms with van der Waals surface area (Å²) in [7, 11) is -3.09. The van der Waals surface area contributed by atoms with Crippen molar-refractivity contribution < 1.29 is 32.1 Å². The van der Waals surface area contributed by atoms with E-state index in [1.54, 1.807) is 0 Å². The van der Waals surface area contributed by atoms with Crippen molar-refractivity contribution in [3.8, 4) is 5.75 Å². The third kappa shape index (κ3) is 8.28. The number of carbonyl (C=O) groups is 2. The normalized spacial score (nSPS) is 12.0. The number of nitro groups is 1. The molecule has 3 aromatic rings. The van der Waals surface area contributed by atoms with Crippen LogP contribution in [0.1, 0.15) is 31.9 Å². The molecular formula is C30H35FN4O7S. The molecule has 0 aromatic heterocycles. The Kier molecular flexibility index (Phi) is 10.8. The number of benzene rings is 3. The quantitative estimate of drug-likeness (QED) is 0.222. The number of carbonyl (C=O) groups excluding carboxylic acids is 2. The Balaban J connectivity index is 2.07. The van der Waals surface area contributed by atoms with Crippen LogP contribution in [0.3, 0.4) is 0 Å². The zero-order valence-corrected chi connectivity index (χ0v) is 25.4. The second-order valence-electron chi connectivity index (χ2n) is 10.4. The lowest BCUT2D eigenvalue weighted by molar-refractivity contribution is -0.385. The number of rotatable bonds is 13. The van der Waals surface area contributed by atoms with Crippen molar-refractivity contribution in [2.45, 2.75) is 45.2 Å². The van der Waals surface area contributed by atoms with Crippen LogP contribution in [0.5, 0.6) is 5.75 Å². The number of sulfonamides is 1. The molecule has 0 bridgehead atoms. The fourth-order valence-electron chi connectivity index (χ4n) is 4.17. The number of ether oxygens (including phenoxy) is 1. The van der Waals surface area contributed by atoms with Crippen molar-refractivity contribution in [3.05, 3.63) is 93.8 Å². The van der Waals surface area contributed by atoms with E-state index in [0.717, 1.165) is 10.4 Å². The van der Waals surface area contributed by atoms with Crippen LogP contribution in [-0.2, 0) is 26.2 Å². The van der Waals surface area contributed by atoms with Crippen LogP contribution in [0.25, 0.3) is 0 Å². The van der Waals surface area contributed by atoms with Gasteiger partial charge in [-0.15, -0.1) is 0 Å². The van der Waals surface area contributed by atoms with Crippen LogP contribution >= 0.6 is 0 Å². The van der Waals surface area contributed by atoms with Crippen molar-refractivity contribution in [2.24, 2.45) is 5.92 Å². The molecule has 0 spiro atoms. The predicted molar refractivity (Wildman–Crippen MR) is 160 cm³/mol. The van der Waals surface area contributed by atoms with Gasteiger partial charge in [-0.25, -0.2) is 12.8 Å². The zero-order chi connectivity index (χ0) is 31.9. The summed E-state index contributed by atoms with van der Waals surface area (Å²) in [6.07, 6.45) is 0. The van der Waals surface area contributed by atoms with E-state index >= 15 is 0 Å². The Morgan fingerprint density at radius 3 is 2.21 bits per heavy atom. The lowest BCUT2D eigenvalue weighted by Gasteiger charge is -2.32. The number of nitrogens with one attached hydrogen (secondary N) is 1. The van der Waals surface area contributed by atoms with Gasteiger partial charge >= 0.3 is 0 Å². The SMILES string of the molecule is COc1ccc(N(CC(=O)N(Cc2ccc(F)cc2)C(C)C(=O)NCC(C)C)S(=O)(=O)c2ccc(C)c([N+](=O)[O-])c2)cc1. The summed E-state index contributed by atoms with van der Waals surface area (Å²) >= 11 is 0. The average Bonchev–Trinajstić information content (AvgIpc) is 2.97. The largest absolute Gasteiger partial charge is 0.497 e. The molecule has 0 aliphatic rings. The zero-order valence-electron chi connectivity index (χ0n) is 24.6. The summed E-state index contributed by atoms with van der Waals surface area (Å²) in [5.41, 5.74) is 0.487. The minimum atomic E-state index is -4.53. The minimum Gasteiger partial charge on any atom is -0.497 e. The number of halogens is 1. The van der Waals surface area contributed by atoms with E-state index in [-0.39, 0.29) is 28.6 Å². The molecule has 3 aromatic carbocycles. The van der Waals surface area contributed by atoms with Crippen molar-refractivity contribution >= 4 is 33.2 Å². The van der Waals surface area contributed by atoms with Gasteiger partial charge in [-0.1, -0.05) is 32.0 Å². The lowest BCUT2D eigenvalue weighted by Crippen LogP contribution is -2.51. The Labute approximate surface area is 250 Å². The monoisotopic (exact) mass is 614 g/mol. The van der Waals surface area contributed by atoms with Crippen LogP contribution in [0.4, 0.5) is 15.8 Å². The topological polar surface area (TPSA) is 139 Å². The summed E-state index contributed by atoms with van der Waals surface area (Å²) < 4.78 is 47.6. The van der Waals surface area contributed by atoms with Crippen LogP contribution in [0, 0.1) is 28.8 Å². The molecule has 0 aliphatic carbocycles. The number of hydrogen-bond donors (Lipinski definition) is 1. The molecule has 0 aliphatic heterocycles. The van der Waals surface area contributed by atoms with Gasteiger partial charge in [0.1, 0.15) is 24.2 Å². The van der Waals surface area contributed by atoms with E-state index in [0.29, 0.717) is 17.9 Å². The predicted octanol–water partition coefficient (Wildman–Crippen LogP) is 4.44. The smallest absolute Gasteiger partial charge is 0.273 e. The van der Waals surface area contributed by atoms with E-state index < -0.39 is 50.9 Å². The van der Waals surface area contributed by atoms with Crippen LogP contribution in [0.2, 0.25) is 0 Å². The fraction of sp³-hybridized carbons (Fsp3) is 0.333. The highest BCUT2D eigenvalue weighted by Gasteiger charge is 2.33. The molecular weight excluding hydrogens is 579 g/mol. The summed E-state index contributed by atoms with van der Waals surface area (Å²) in [6.45, 7) is 6.35. The molecule has 230 valence electrons. The van der Waals surface area contributed by atoms with E-state index in [2.05, 4.69) is 5.32 Å². The van der Waals surface area contributed by atoms with E-state index in [1.165, 1.54) is 86.5 Å². The van der Waals surface area contributed by atoms with E-state index in [9.17, 15) is 32.5 Å². The maximum atomic E-state index is 14.0. The number of aryl methyl sites for hydroxylation is 1. The Morgan fingerprint density at radius 2 is 1.65 bits per heavy atom. The molecule has 3 rings (SSSR count). The van der Waals surface area contributed by atoms with Crippen molar-refractivity contribution in [2.75, 3.05) is 24.5 Å². The first kappa shape index (κ1) is 33.0. The number of nitro benzene ring substituents is 1. The molecule has 0 saturated heterocycles. The van der Waals surface area contributed by atoms with E-state index in [4.69, 9.17) is 4.74 Å². The fourth-order valence-corrected chi connectivity index (χ4v) is 5.61. The van der Waals surface area contributed by atoms with Crippen molar-refractivity contribution in [1.29, 1.82) is 0 Å². The van der Waals surface area contributed by atoms with Gasteiger partial charge in [0, 0.05) is 24.7 Å². The highest BCUT2D eigenvalue weighted by atomic mass is 32.2. The Morgan fingerprint density at radius 1 is 1.02 bits per heavy atom. The molecule has 0 heterocycles. The highest BCUT2D eigenvalue weighted by molar-refractivity contribution is 7.92. The van der Waals surface area contributed by atoms with Crippen molar-refractivity contribution in [1.82, 2.24) is 10.2 Å². The van der Waals surface area contributed by atoms with Crippen LogP contribution < -0.4 is 14.4 Å². The maximum absolute atomic E-state index is 14.0. The van der Waals surface area contributed by atoms with Gasteiger partial charge in [0.25, 0.3) is 15.7 Å². The second-order valence-corrected chi connectivity index (χ2v) is 12.2. The number of hydrogen-bond acceptors (Lipinski definition) is 7. The molecule has 1 unspecified atom stereocenters. The third-order valence-electron chi connectivity index (χ3n) is 6.72. The Bertz CT molecular complexity index is 1560. The van der Waals surface area contributed by atoms with Crippen LogP contribution in [-0.4, -0.2) is 56.3 Å². The summed E-state index contributed by atoms with van der Waals surface area (Å²) in [6, 6.07) is 13.8. The molecule has 1 atom stereocenters. The number of nitrogens with zero attached hydrogens (tertiary/aromatic N) is 3. The molecule has 2 amide bonds. The van der Waals surface area contributed by atoms with Gasteiger partial charge in [-0.3, -0.25) is 24.0 Å². The molecule has 0 saturated carbocycles. The van der Waals surface area contributed by atoms with Gasteiger partial charge in [-0.2, -0.15) is 0 Å². The van der Waals surface area contributed by atoms with Gasteiger partial charge in [-0.05, 0) is 67.8 Å². The average molecular weight is 615 g/mol. The van der Waals surface area contributed by atoms with Crippen molar-refractivity contribution in [3.63, 3.8) is 0 Å². The first-order valence-electron chi connectivity index (χ1n) is 13.5. The van der Waals surface area contributed by atoms with Gasteiger partial charge in [0.15, 0.2) is 0 Å². The second kappa shape index (κ2) is 14.1. The molecule has 1 N–H and O–H groups in total. The number of amides is 2. The lowest BCUT2D eigenvalue weighted by atomic mass is 10.1. The summed E-state index contributed by atoms with van der Waals surface area (Å²) in [5.74, 6) is -1.07. The number of anilines is 1. The Hall–Kier alpha value is -4.52. The van der Waals surface area contributed by atoms with Gasteiger partial charge in [0.05, 0.1) is 22.6 Å². The maximum Gasteiger partial charge on any atom is 0.273 e. The molecule has 13 heteroatoms.